The average molecular weight is 392 g/mol. The SMILES string of the molecule is CCCCC1=NC(N)SC(c2ccc(Br)cc2)=C1n1cncn1. The van der Waals surface area contributed by atoms with Crippen LogP contribution in [0.15, 0.2) is 46.4 Å². The van der Waals surface area contributed by atoms with E-state index in [1.807, 2.05) is 12.1 Å². The predicted molar refractivity (Wildman–Crippen MR) is 99.8 cm³/mol. The minimum Gasteiger partial charge on any atom is -0.301 e. The highest BCUT2D eigenvalue weighted by Crippen LogP contribution is 2.39. The summed E-state index contributed by atoms with van der Waals surface area (Å²) in [7, 11) is 0. The number of nitrogens with zero attached hydrogens (tertiary/aromatic N) is 4. The van der Waals surface area contributed by atoms with Crippen molar-refractivity contribution in [1.82, 2.24) is 14.8 Å². The van der Waals surface area contributed by atoms with Crippen molar-refractivity contribution in [2.45, 2.75) is 31.7 Å². The third kappa shape index (κ3) is 3.73. The molecule has 2 aromatic rings. The second kappa shape index (κ2) is 7.42. The van der Waals surface area contributed by atoms with Gasteiger partial charge in [-0.05, 0) is 30.5 Å². The van der Waals surface area contributed by atoms with Crippen molar-refractivity contribution in [1.29, 1.82) is 0 Å². The number of nitrogens with two attached hydrogens (primary N) is 1. The number of unbranched alkanes of at least 4 members (excludes halogenated alkanes) is 1. The van der Waals surface area contributed by atoms with Crippen molar-refractivity contribution >= 4 is 44.0 Å². The van der Waals surface area contributed by atoms with Crippen molar-refractivity contribution in [2.24, 2.45) is 10.7 Å². The standard InChI is InChI=1S/C16H18BrN5S/c1-2-3-4-13-14(22-10-19-9-20-22)15(23-16(18)21-13)11-5-7-12(17)8-6-11/h5-10,16H,2-4,18H2,1H3. The van der Waals surface area contributed by atoms with Crippen molar-refractivity contribution < 1.29 is 0 Å². The molecule has 0 saturated heterocycles. The Morgan fingerprint density at radius 1 is 1.30 bits per heavy atom. The maximum absolute atomic E-state index is 6.16. The van der Waals surface area contributed by atoms with Crippen LogP contribution in [0.4, 0.5) is 0 Å². The van der Waals surface area contributed by atoms with Crippen LogP contribution in [-0.2, 0) is 0 Å². The fourth-order valence-corrected chi connectivity index (χ4v) is 3.72. The fraction of sp³-hybridized carbons (Fsp3) is 0.312. The molecule has 23 heavy (non-hydrogen) atoms. The van der Waals surface area contributed by atoms with Gasteiger partial charge in [0.05, 0.1) is 5.71 Å². The van der Waals surface area contributed by atoms with Gasteiger partial charge >= 0.3 is 0 Å². The lowest BCUT2D eigenvalue weighted by molar-refractivity contribution is 0.820. The molecular weight excluding hydrogens is 374 g/mol. The summed E-state index contributed by atoms with van der Waals surface area (Å²) < 4.78 is 2.85. The van der Waals surface area contributed by atoms with Gasteiger partial charge in [0.2, 0.25) is 0 Å². The summed E-state index contributed by atoms with van der Waals surface area (Å²) in [6, 6.07) is 8.23. The van der Waals surface area contributed by atoms with Gasteiger partial charge in [-0.15, -0.1) is 0 Å². The molecule has 1 atom stereocenters. The van der Waals surface area contributed by atoms with E-state index in [-0.39, 0.29) is 5.50 Å². The van der Waals surface area contributed by atoms with Crippen LogP contribution in [0.25, 0.3) is 10.6 Å². The van der Waals surface area contributed by atoms with Gasteiger partial charge in [0, 0.05) is 9.38 Å². The summed E-state index contributed by atoms with van der Waals surface area (Å²) in [6.07, 6.45) is 6.33. The van der Waals surface area contributed by atoms with Crippen LogP contribution in [-0.4, -0.2) is 26.0 Å². The third-order valence-electron chi connectivity index (χ3n) is 3.53. The molecule has 3 rings (SSSR count). The largest absolute Gasteiger partial charge is 0.301 e. The summed E-state index contributed by atoms with van der Waals surface area (Å²) in [5.41, 5.74) is 8.98. The van der Waals surface area contributed by atoms with E-state index in [4.69, 9.17) is 5.73 Å². The Hall–Kier alpha value is -1.44. The zero-order chi connectivity index (χ0) is 16.2. The maximum atomic E-state index is 6.16. The van der Waals surface area contributed by atoms with Crippen LogP contribution in [0, 0.1) is 0 Å². The first-order valence-electron chi connectivity index (χ1n) is 7.53. The molecule has 5 nitrogen and oxygen atoms in total. The molecule has 120 valence electrons. The normalized spacial score (nSPS) is 18.2. The molecule has 1 aromatic carbocycles. The molecule has 7 heteroatoms. The van der Waals surface area contributed by atoms with Gasteiger partial charge in [-0.3, -0.25) is 4.99 Å². The minimum atomic E-state index is -0.284. The van der Waals surface area contributed by atoms with Crippen LogP contribution < -0.4 is 5.73 Å². The number of hydrogen-bond donors (Lipinski definition) is 1. The number of aliphatic imine (C=N–C) groups is 1. The van der Waals surface area contributed by atoms with Crippen LogP contribution in [0.1, 0.15) is 31.7 Å². The topological polar surface area (TPSA) is 69.1 Å². The summed E-state index contributed by atoms with van der Waals surface area (Å²) >= 11 is 5.04. The number of allylic oxidation sites excluding steroid dienone is 1. The molecule has 0 aliphatic carbocycles. The Labute approximate surface area is 148 Å². The van der Waals surface area contributed by atoms with Gasteiger partial charge in [0.15, 0.2) is 0 Å². The lowest BCUT2D eigenvalue weighted by Crippen LogP contribution is -2.23. The molecule has 2 heterocycles. The zero-order valence-electron chi connectivity index (χ0n) is 12.8. The number of thioether (sulfide) groups is 1. The summed E-state index contributed by atoms with van der Waals surface area (Å²) in [6.45, 7) is 2.17. The lowest BCUT2D eigenvalue weighted by Gasteiger charge is -2.24. The fourth-order valence-electron chi connectivity index (χ4n) is 2.44. The number of hydrogen-bond acceptors (Lipinski definition) is 5. The Bertz CT molecular complexity index is 721. The molecule has 0 fully saturated rings. The van der Waals surface area contributed by atoms with E-state index in [1.54, 1.807) is 29.1 Å². The Morgan fingerprint density at radius 2 is 2.09 bits per heavy atom. The van der Waals surface area contributed by atoms with Gasteiger partial charge < -0.3 is 5.73 Å². The van der Waals surface area contributed by atoms with Gasteiger partial charge in [-0.1, -0.05) is 53.2 Å². The molecular formula is C16H18BrN5S. The maximum Gasteiger partial charge on any atom is 0.149 e. The number of aromatic nitrogens is 3. The molecule has 0 saturated carbocycles. The number of benzene rings is 1. The van der Waals surface area contributed by atoms with Crippen LogP contribution in [0.2, 0.25) is 0 Å². The molecule has 1 aliphatic heterocycles. The van der Waals surface area contributed by atoms with Crippen molar-refractivity contribution in [3.8, 4) is 0 Å². The van der Waals surface area contributed by atoms with E-state index in [0.29, 0.717) is 0 Å². The van der Waals surface area contributed by atoms with E-state index < -0.39 is 0 Å². The highest BCUT2D eigenvalue weighted by molar-refractivity contribution is 9.10. The number of halogens is 1. The molecule has 1 aliphatic rings. The summed E-state index contributed by atoms with van der Waals surface area (Å²) in [5.74, 6) is 0. The smallest absolute Gasteiger partial charge is 0.149 e. The molecule has 2 N–H and O–H groups in total. The van der Waals surface area contributed by atoms with Crippen LogP contribution in [0.5, 0.6) is 0 Å². The molecule has 1 unspecified atom stereocenters. The first-order chi connectivity index (χ1) is 11.2. The van der Waals surface area contributed by atoms with Gasteiger partial charge in [-0.25, -0.2) is 9.67 Å². The molecule has 0 spiro atoms. The van der Waals surface area contributed by atoms with Crippen LogP contribution >= 0.6 is 27.7 Å². The minimum absolute atomic E-state index is 0.284. The van der Waals surface area contributed by atoms with E-state index in [2.05, 4.69) is 50.1 Å². The molecule has 0 radical (unpaired) electrons. The monoisotopic (exact) mass is 391 g/mol. The van der Waals surface area contributed by atoms with Crippen molar-refractivity contribution in [3.05, 3.63) is 47.0 Å². The number of rotatable bonds is 5. The summed E-state index contributed by atoms with van der Waals surface area (Å²) in [5, 5.41) is 4.32. The molecule has 0 bridgehead atoms. The van der Waals surface area contributed by atoms with Crippen LogP contribution in [0.3, 0.4) is 0 Å². The van der Waals surface area contributed by atoms with E-state index in [1.165, 1.54) is 0 Å². The first kappa shape index (κ1) is 16.4. The van der Waals surface area contributed by atoms with E-state index >= 15 is 0 Å². The van der Waals surface area contributed by atoms with E-state index in [9.17, 15) is 0 Å². The van der Waals surface area contributed by atoms with Gasteiger partial charge in [0.25, 0.3) is 0 Å². The predicted octanol–water partition coefficient (Wildman–Crippen LogP) is 3.99. The lowest BCUT2D eigenvalue weighted by atomic mass is 10.1. The second-order valence-electron chi connectivity index (χ2n) is 5.21. The molecule has 0 amide bonds. The third-order valence-corrected chi connectivity index (χ3v) is 5.07. The first-order valence-corrected chi connectivity index (χ1v) is 9.21. The van der Waals surface area contributed by atoms with Gasteiger partial charge in [0.1, 0.15) is 23.8 Å². The average Bonchev–Trinajstić information content (AvgIpc) is 3.07. The summed E-state index contributed by atoms with van der Waals surface area (Å²) in [4.78, 5) is 9.83. The van der Waals surface area contributed by atoms with E-state index in [0.717, 1.165) is 45.6 Å². The zero-order valence-corrected chi connectivity index (χ0v) is 15.2. The Morgan fingerprint density at radius 3 is 2.74 bits per heavy atom. The van der Waals surface area contributed by atoms with Gasteiger partial charge in [-0.2, -0.15) is 5.10 Å². The Balaban J connectivity index is 2.11. The molecule has 1 aromatic heterocycles. The van der Waals surface area contributed by atoms with Crippen molar-refractivity contribution in [3.63, 3.8) is 0 Å². The Kier molecular flexibility index (Phi) is 5.30. The quantitative estimate of drug-likeness (QED) is 0.836. The highest BCUT2D eigenvalue weighted by atomic mass is 79.9. The second-order valence-corrected chi connectivity index (χ2v) is 7.26. The van der Waals surface area contributed by atoms with Crippen molar-refractivity contribution in [2.75, 3.05) is 0 Å². The highest BCUT2D eigenvalue weighted by Gasteiger charge is 2.25.